The van der Waals surface area contributed by atoms with Crippen LogP contribution in [0.15, 0.2) is 67.0 Å². The van der Waals surface area contributed by atoms with Gasteiger partial charge in [0.1, 0.15) is 5.82 Å². The number of pyridine rings is 2. The van der Waals surface area contributed by atoms with E-state index in [9.17, 15) is 18.0 Å². The quantitative estimate of drug-likeness (QED) is 0.427. The van der Waals surface area contributed by atoms with Crippen molar-refractivity contribution in [1.29, 1.82) is 0 Å². The lowest BCUT2D eigenvalue weighted by atomic mass is 10.1. The molecule has 3 aromatic heterocycles. The zero-order valence-corrected chi connectivity index (χ0v) is 16.8. The molecule has 1 amide bonds. The van der Waals surface area contributed by atoms with Crippen LogP contribution < -0.4 is 16.8 Å². The molecule has 0 spiro atoms. The van der Waals surface area contributed by atoms with Crippen LogP contribution in [0.1, 0.15) is 16.3 Å². The number of carbonyl (C=O) groups excluding carboxylic acids is 1. The second-order valence-electron chi connectivity index (χ2n) is 6.88. The summed E-state index contributed by atoms with van der Waals surface area (Å²) in [6.07, 6.45) is -2.17. The van der Waals surface area contributed by atoms with Gasteiger partial charge in [0.25, 0.3) is 5.91 Å². The van der Waals surface area contributed by atoms with E-state index < -0.39 is 17.9 Å². The molecule has 166 valence electrons. The molecule has 0 radical (unpaired) electrons. The Morgan fingerprint density at radius 1 is 0.909 bits per heavy atom. The Hall–Kier alpha value is -4.54. The molecule has 3 heterocycles. The molecule has 4 rings (SSSR count). The standard InChI is InChI=1S/C22H16F3N7O/c23-22(24,25)21-31-16(10-18(27)32-21)13-8-9-28-11-17(13)30-20(33)19-14(26)6-7-15(29-19)12-4-2-1-3-5-12/h1-11H,26H2,(H,30,33)(H2,27,31,32). The van der Waals surface area contributed by atoms with Crippen molar-refractivity contribution < 1.29 is 18.0 Å². The molecule has 33 heavy (non-hydrogen) atoms. The zero-order chi connectivity index (χ0) is 23.6. The lowest BCUT2D eigenvalue weighted by Crippen LogP contribution is -2.17. The van der Waals surface area contributed by atoms with Crippen LogP contribution in [0.3, 0.4) is 0 Å². The van der Waals surface area contributed by atoms with E-state index in [-0.39, 0.29) is 34.1 Å². The Bertz CT molecular complexity index is 1330. The average Bonchev–Trinajstić information content (AvgIpc) is 2.79. The van der Waals surface area contributed by atoms with Crippen molar-refractivity contribution in [2.75, 3.05) is 16.8 Å². The molecule has 0 saturated heterocycles. The van der Waals surface area contributed by atoms with Gasteiger partial charge in [0, 0.05) is 23.4 Å². The number of hydrogen-bond acceptors (Lipinski definition) is 7. The minimum absolute atomic E-state index is 0.0515. The molecule has 1 aromatic carbocycles. The predicted molar refractivity (Wildman–Crippen MR) is 117 cm³/mol. The predicted octanol–water partition coefficient (Wildman–Crippen LogP) is 4.04. The molecule has 0 aliphatic rings. The van der Waals surface area contributed by atoms with Gasteiger partial charge < -0.3 is 16.8 Å². The van der Waals surface area contributed by atoms with Crippen LogP contribution >= 0.6 is 0 Å². The number of amides is 1. The summed E-state index contributed by atoms with van der Waals surface area (Å²) in [6, 6.07) is 15.0. The molecular formula is C22H16F3N7O. The molecular weight excluding hydrogens is 435 g/mol. The highest BCUT2D eigenvalue weighted by Gasteiger charge is 2.35. The highest BCUT2D eigenvalue weighted by atomic mass is 19.4. The highest BCUT2D eigenvalue weighted by molar-refractivity contribution is 6.08. The number of anilines is 3. The fourth-order valence-corrected chi connectivity index (χ4v) is 3.05. The van der Waals surface area contributed by atoms with Gasteiger partial charge in [-0.05, 0) is 18.2 Å². The number of nitrogen functional groups attached to an aromatic ring is 2. The monoisotopic (exact) mass is 451 g/mol. The number of aromatic nitrogens is 4. The Balaban J connectivity index is 1.70. The number of alkyl halides is 3. The zero-order valence-electron chi connectivity index (χ0n) is 16.8. The molecule has 0 bridgehead atoms. The van der Waals surface area contributed by atoms with Gasteiger partial charge in [-0.3, -0.25) is 9.78 Å². The molecule has 0 aliphatic carbocycles. The largest absolute Gasteiger partial charge is 0.451 e. The van der Waals surface area contributed by atoms with Gasteiger partial charge in [-0.2, -0.15) is 13.2 Å². The molecule has 5 N–H and O–H groups in total. The van der Waals surface area contributed by atoms with E-state index in [0.29, 0.717) is 5.69 Å². The van der Waals surface area contributed by atoms with Crippen molar-refractivity contribution in [3.8, 4) is 22.5 Å². The lowest BCUT2D eigenvalue weighted by Gasteiger charge is -2.13. The van der Waals surface area contributed by atoms with Gasteiger partial charge >= 0.3 is 6.18 Å². The Kier molecular flexibility index (Phi) is 5.61. The van der Waals surface area contributed by atoms with E-state index in [1.165, 1.54) is 24.5 Å². The summed E-state index contributed by atoms with van der Waals surface area (Å²) in [4.78, 5) is 28.0. The van der Waals surface area contributed by atoms with Crippen LogP contribution in [0.25, 0.3) is 22.5 Å². The molecule has 0 atom stereocenters. The van der Waals surface area contributed by atoms with E-state index in [4.69, 9.17) is 11.5 Å². The highest BCUT2D eigenvalue weighted by Crippen LogP contribution is 2.32. The maximum atomic E-state index is 13.1. The summed E-state index contributed by atoms with van der Waals surface area (Å²) in [5.41, 5.74) is 13.0. The van der Waals surface area contributed by atoms with Crippen molar-refractivity contribution in [3.05, 3.63) is 78.5 Å². The smallest absolute Gasteiger partial charge is 0.397 e. The van der Waals surface area contributed by atoms with Crippen molar-refractivity contribution in [3.63, 3.8) is 0 Å². The summed E-state index contributed by atoms with van der Waals surface area (Å²) in [7, 11) is 0. The molecule has 4 aromatic rings. The molecule has 0 unspecified atom stereocenters. The summed E-state index contributed by atoms with van der Waals surface area (Å²) in [6.45, 7) is 0. The number of halogens is 3. The van der Waals surface area contributed by atoms with Gasteiger partial charge in [0.05, 0.1) is 29.0 Å². The van der Waals surface area contributed by atoms with Crippen LogP contribution in [0, 0.1) is 0 Å². The third kappa shape index (κ3) is 4.71. The number of carbonyl (C=O) groups is 1. The Morgan fingerprint density at radius 3 is 2.39 bits per heavy atom. The number of nitrogens with zero attached hydrogens (tertiary/aromatic N) is 4. The fraction of sp³-hybridized carbons (Fsp3) is 0.0455. The van der Waals surface area contributed by atoms with Gasteiger partial charge in [0.15, 0.2) is 5.69 Å². The second-order valence-corrected chi connectivity index (χ2v) is 6.88. The molecule has 8 nitrogen and oxygen atoms in total. The van der Waals surface area contributed by atoms with E-state index in [2.05, 4.69) is 25.3 Å². The van der Waals surface area contributed by atoms with Crippen LogP contribution in [-0.2, 0) is 6.18 Å². The number of benzene rings is 1. The van der Waals surface area contributed by atoms with Crippen molar-refractivity contribution in [2.45, 2.75) is 6.18 Å². The van der Waals surface area contributed by atoms with E-state index in [0.717, 1.165) is 5.56 Å². The molecule has 0 fully saturated rings. The normalized spacial score (nSPS) is 11.2. The van der Waals surface area contributed by atoms with E-state index >= 15 is 0 Å². The van der Waals surface area contributed by atoms with Crippen LogP contribution in [0.5, 0.6) is 0 Å². The number of nitrogens with one attached hydrogen (secondary N) is 1. The van der Waals surface area contributed by atoms with Crippen LogP contribution in [-0.4, -0.2) is 25.8 Å². The number of hydrogen-bond donors (Lipinski definition) is 3. The first-order valence-corrected chi connectivity index (χ1v) is 9.52. The van der Waals surface area contributed by atoms with Crippen LogP contribution in [0.2, 0.25) is 0 Å². The van der Waals surface area contributed by atoms with Crippen molar-refractivity contribution in [2.24, 2.45) is 0 Å². The first-order chi connectivity index (χ1) is 15.7. The summed E-state index contributed by atoms with van der Waals surface area (Å²) < 4.78 is 39.4. The van der Waals surface area contributed by atoms with Gasteiger partial charge in [-0.15, -0.1) is 0 Å². The first-order valence-electron chi connectivity index (χ1n) is 9.52. The molecule has 11 heteroatoms. The average molecular weight is 451 g/mol. The maximum absolute atomic E-state index is 13.1. The fourth-order valence-electron chi connectivity index (χ4n) is 3.05. The minimum atomic E-state index is -4.79. The van der Waals surface area contributed by atoms with Crippen molar-refractivity contribution >= 4 is 23.1 Å². The van der Waals surface area contributed by atoms with Gasteiger partial charge in [0.2, 0.25) is 5.82 Å². The minimum Gasteiger partial charge on any atom is -0.397 e. The van der Waals surface area contributed by atoms with Gasteiger partial charge in [-0.25, -0.2) is 15.0 Å². The lowest BCUT2D eigenvalue weighted by molar-refractivity contribution is -0.144. The second kappa shape index (κ2) is 8.54. The third-order valence-corrected chi connectivity index (χ3v) is 4.56. The maximum Gasteiger partial charge on any atom is 0.451 e. The first kappa shape index (κ1) is 21.7. The SMILES string of the molecule is Nc1cc(-c2ccncc2NC(=O)c2nc(-c3ccccc3)ccc2N)nc(C(F)(F)F)n1. The number of nitrogens with two attached hydrogens (primary N) is 2. The van der Waals surface area contributed by atoms with Crippen molar-refractivity contribution in [1.82, 2.24) is 19.9 Å². The Labute approximate surface area is 185 Å². The molecule has 0 saturated carbocycles. The molecule has 0 aliphatic heterocycles. The van der Waals surface area contributed by atoms with E-state index in [1.807, 2.05) is 30.3 Å². The van der Waals surface area contributed by atoms with Gasteiger partial charge in [-0.1, -0.05) is 30.3 Å². The van der Waals surface area contributed by atoms with E-state index in [1.54, 1.807) is 12.1 Å². The summed E-state index contributed by atoms with van der Waals surface area (Å²) in [5.74, 6) is -2.44. The summed E-state index contributed by atoms with van der Waals surface area (Å²) in [5, 5.41) is 2.60. The topological polar surface area (TPSA) is 133 Å². The Morgan fingerprint density at radius 2 is 1.67 bits per heavy atom. The third-order valence-electron chi connectivity index (χ3n) is 4.56. The number of rotatable bonds is 4. The summed E-state index contributed by atoms with van der Waals surface area (Å²) >= 11 is 0. The van der Waals surface area contributed by atoms with Crippen LogP contribution in [0.4, 0.5) is 30.4 Å².